The molecule has 0 spiro atoms. The second-order valence-electron chi connectivity index (χ2n) is 7.26. The lowest BCUT2D eigenvalue weighted by Gasteiger charge is -2.29. The van der Waals surface area contributed by atoms with Crippen LogP contribution < -0.4 is 9.64 Å². The molecule has 158 valence electrons. The Morgan fingerprint density at radius 2 is 2.03 bits per heavy atom. The second kappa shape index (κ2) is 9.55. The van der Waals surface area contributed by atoms with Crippen molar-refractivity contribution in [2.45, 2.75) is 13.3 Å². The number of benzene rings is 2. The number of thiazole rings is 1. The van der Waals surface area contributed by atoms with Crippen molar-refractivity contribution >= 4 is 32.6 Å². The number of amides is 1. The number of rotatable bonds is 7. The van der Waals surface area contributed by atoms with Crippen LogP contribution in [0.25, 0.3) is 10.2 Å². The molecule has 0 N–H and O–H groups in total. The van der Waals surface area contributed by atoms with Crippen LogP contribution in [0.1, 0.15) is 22.8 Å². The van der Waals surface area contributed by atoms with Gasteiger partial charge in [0.1, 0.15) is 5.75 Å². The van der Waals surface area contributed by atoms with Gasteiger partial charge in [-0.15, -0.1) is 0 Å². The van der Waals surface area contributed by atoms with E-state index in [-0.39, 0.29) is 5.91 Å². The quantitative estimate of drug-likeness (QED) is 0.576. The Morgan fingerprint density at radius 3 is 2.80 bits per heavy atom. The largest absolute Gasteiger partial charge is 0.497 e. The minimum Gasteiger partial charge on any atom is -0.497 e. The number of anilines is 1. The van der Waals surface area contributed by atoms with Crippen LogP contribution in [0.2, 0.25) is 0 Å². The highest BCUT2D eigenvalue weighted by Gasteiger charge is 2.23. The van der Waals surface area contributed by atoms with Gasteiger partial charge in [-0.2, -0.15) is 0 Å². The number of hydrogen-bond donors (Lipinski definition) is 0. The number of para-hydroxylation sites is 1. The molecule has 2 aromatic carbocycles. The SMILES string of the molecule is CCc1cccc2sc(N(CCN3CCOCC3)C(=O)c3cccc(OC)c3)nc12. The van der Waals surface area contributed by atoms with Gasteiger partial charge in [-0.05, 0) is 36.2 Å². The maximum Gasteiger partial charge on any atom is 0.260 e. The van der Waals surface area contributed by atoms with Crippen molar-refractivity contribution in [3.63, 3.8) is 0 Å². The molecule has 3 aromatic rings. The molecule has 1 aliphatic rings. The number of nitrogens with zero attached hydrogens (tertiary/aromatic N) is 3. The minimum absolute atomic E-state index is 0.0562. The number of fused-ring (bicyclic) bond motifs is 1. The molecule has 1 fully saturated rings. The van der Waals surface area contributed by atoms with Crippen molar-refractivity contribution in [1.82, 2.24) is 9.88 Å². The molecule has 1 saturated heterocycles. The molecule has 1 amide bonds. The summed E-state index contributed by atoms with van der Waals surface area (Å²) in [6.07, 6.45) is 0.915. The first-order chi connectivity index (χ1) is 14.7. The van der Waals surface area contributed by atoms with Crippen LogP contribution in [0.15, 0.2) is 42.5 Å². The maximum absolute atomic E-state index is 13.5. The average Bonchev–Trinajstić information content (AvgIpc) is 3.24. The third-order valence-electron chi connectivity index (χ3n) is 5.41. The third-order valence-corrected chi connectivity index (χ3v) is 6.45. The molecule has 7 heteroatoms. The van der Waals surface area contributed by atoms with Crippen LogP contribution in [0.4, 0.5) is 5.13 Å². The number of aromatic nitrogens is 1. The summed E-state index contributed by atoms with van der Waals surface area (Å²) in [6, 6.07) is 13.6. The van der Waals surface area contributed by atoms with Crippen LogP contribution in [-0.2, 0) is 11.2 Å². The Hall–Kier alpha value is -2.48. The fourth-order valence-electron chi connectivity index (χ4n) is 3.66. The van der Waals surface area contributed by atoms with Crippen LogP contribution in [0, 0.1) is 0 Å². The first-order valence-corrected chi connectivity index (χ1v) is 11.2. The van der Waals surface area contributed by atoms with Gasteiger partial charge in [-0.3, -0.25) is 14.6 Å². The third kappa shape index (κ3) is 4.48. The van der Waals surface area contributed by atoms with E-state index in [1.165, 1.54) is 5.56 Å². The lowest BCUT2D eigenvalue weighted by Crippen LogP contribution is -2.43. The van der Waals surface area contributed by atoms with E-state index in [1.54, 1.807) is 24.5 Å². The summed E-state index contributed by atoms with van der Waals surface area (Å²) >= 11 is 1.57. The highest BCUT2D eigenvalue weighted by Crippen LogP contribution is 2.32. The summed E-state index contributed by atoms with van der Waals surface area (Å²) in [4.78, 5) is 22.5. The molecule has 1 aliphatic heterocycles. The van der Waals surface area contributed by atoms with Crippen molar-refractivity contribution in [3.05, 3.63) is 53.6 Å². The van der Waals surface area contributed by atoms with E-state index in [9.17, 15) is 4.79 Å². The number of carbonyl (C=O) groups excluding carboxylic acids is 1. The van der Waals surface area contributed by atoms with E-state index in [0.29, 0.717) is 17.9 Å². The number of ether oxygens (including phenoxy) is 2. The van der Waals surface area contributed by atoms with Gasteiger partial charge in [0.15, 0.2) is 5.13 Å². The van der Waals surface area contributed by atoms with Gasteiger partial charge < -0.3 is 9.47 Å². The summed E-state index contributed by atoms with van der Waals surface area (Å²) < 4.78 is 11.9. The summed E-state index contributed by atoms with van der Waals surface area (Å²) in [5, 5.41) is 0.743. The molecule has 0 saturated carbocycles. The smallest absolute Gasteiger partial charge is 0.260 e. The Bertz CT molecular complexity index is 1010. The zero-order chi connectivity index (χ0) is 20.9. The van der Waals surface area contributed by atoms with Crippen molar-refractivity contribution in [3.8, 4) is 5.75 Å². The second-order valence-corrected chi connectivity index (χ2v) is 8.27. The van der Waals surface area contributed by atoms with Crippen LogP contribution in [0.5, 0.6) is 5.75 Å². The van der Waals surface area contributed by atoms with Gasteiger partial charge in [-0.25, -0.2) is 4.98 Å². The predicted octanol–water partition coefficient (Wildman–Crippen LogP) is 3.85. The molecule has 0 aliphatic carbocycles. The lowest BCUT2D eigenvalue weighted by molar-refractivity contribution is 0.0391. The number of methoxy groups -OCH3 is 1. The zero-order valence-corrected chi connectivity index (χ0v) is 18.3. The maximum atomic E-state index is 13.5. The van der Waals surface area contributed by atoms with Crippen LogP contribution >= 0.6 is 11.3 Å². The number of aryl methyl sites for hydroxylation is 1. The van der Waals surface area contributed by atoms with Gasteiger partial charge in [0.2, 0.25) is 0 Å². The van der Waals surface area contributed by atoms with Crippen LogP contribution in [-0.4, -0.2) is 62.3 Å². The zero-order valence-electron chi connectivity index (χ0n) is 17.5. The van der Waals surface area contributed by atoms with E-state index < -0.39 is 0 Å². The summed E-state index contributed by atoms with van der Waals surface area (Å²) in [5.41, 5.74) is 2.80. The van der Waals surface area contributed by atoms with Gasteiger partial charge in [0, 0.05) is 31.7 Å². The first kappa shape index (κ1) is 20.8. The van der Waals surface area contributed by atoms with E-state index >= 15 is 0 Å². The van der Waals surface area contributed by atoms with Gasteiger partial charge in [0.05, 0.1) is 30.5 Å². The fraction of sp³-hybridized carbons (Fsp3) is 0.391. The van der Waals surface area contributed by atoms with E-state index in [2.05, 4.69) is 30.0 Å². The minimum atomic E-state index is -0.0562. The highest BCUT2D eigenvalue weighted by molar-refractivity contribution is 7.22. The highest BCUT2D eigenvalue weighted by atomic mass is 32.1. The predicted molar refractivity (Wildman–Crippen MR) is 121 cm³/mol. The molecule has 1 aromatic heterocycles. The molecular formula is C23H27N3O3S. The molecule has 0 bridgehead atoms. The summed E-state index contributed by atoms with van der Waals surface area (Å²) in [6.45, 7) is 6.76. The van der Waals surface area contributed by atoms with Crippen molar-refractivity contribution in [2.24, 2.45) is 0 Å². The Kier molecular flexibility index (Phi) is 6.62. The fourth-order valence-corrected chi connectivity index (χ4v) is 4.69. The number of hydrogen-bond acceptors (Lipinski definition) is 6. The normalized spacial score (nSPS) is 14.7. The Labute approximate surface area is 181 Å². The lowest BCUT2D eigenvalue weighted by atomic mass is 10.1. The number of carbonyl (C=O) groups is 1. The van der Waals surface area contributed by atoms with E-state index in [4.69, 9.17) is 14.5 Å². The van der Waals surface area contributed by atoms with Gasteiger partial charge >= 0.3 is 0 Å². The summed E-state index contributed by atoms with van der Waals surface area (Å²) in [7, 11) is 1.61. The molecule has 0 radical (unpaired) electrons. The van der Waals surface area contributed by atoms with E-state index in [0.717, 1.165) is 54.6 Å². The topological polar surface area (TPSA) is 54.9 Å². The van der Waals surface area contributed by atoms with Crippen molar-refractivity contribution < 1.29 is 14.3 Å². The summed E-state index contributed by atoms with van der Waals surface area (Å²) in [5.74, 6) is 0.616. The molecule has 6 nitrogen and oxygen atoms in total. The molecule has 2 heterocycles. The molecule has 30 heavy (non-hydrogen) atoms. The molecule has 0 unspecified atom stereocenters. The number of morpholine rings is 1. The van der Waals surface area contributed by atoms with Crippen molar-refractivity contribution in [1.29, 1.82) is 0 Å². The van der Waals surface area contributed by atoms with E-state index in [1.807, 2.05) is 23.1 Å². The average molecular weight is 426 g/mol. The van der Waals surface area contributed by atoms with Crippen molar-refractivity contribution in [2.75, 3.05) is 51.4 Å². The Balaban J connectivity index is 1.66. The van der Waals surface area contributed by atoms with Crippen LogP contribution in [0.3, 0.4) is 0 Å². The first-order valence-electron chi connectivity index (χ1n) is 10.3. The Morgan fingerprint density at radius 1 is 1.23 bits per heavy atom. The molecular weight excluding hydrogens is 398 g/mol. The molecule has 0 atom stereocenters. The van der Waals surface area contributed by atoms with Gasteiger partial charge in [0.25, 0.3) is 5.91 Å². The van der Waals surface area contributed by atoms with Gasteiger partial charge in [-0.1, -0.05) is 36.5 Å². The monoisotopic (exact) mass is 425 g/mol. The molecule has 4 rings (SSSR count). The standard InChI is InChI=1S/C23H27N3O3S/c1-3-17-6-5-9-20-21(17)24-23(30-20)26(11-10-25-12-14-29-15-13-25)22(27)18-7-4-8-19(16-18)28-2/h4-9,16H,3,10-15H2,1-2H3.